The Balaban J connectivity index is 0.000000186. The van der Waals surface area contributed by atoms with Crippen LogP contribution in [0.15, 0.2) is 120 Å². The molecule has 1 amide bonds. The zero-order chi connectivity index (χ0) is 60.7. The third-order valence-corrected chi connectivity index (χ3v) is 11.0. The number of amides is 1. The maximum atomic E-state index is 13.3. The van der Waals surface area contributed by atoms with Crippen molar-refractivity contribution in [2.45, 2.75) is 47.1 Å². The minimum atomic E-state index is -1.05. The molecule has 6 N–H and O–H groups in total. The van der Waals surface area contributed by atoms with Crippen LogP contribution in [-0.2, 0) is 4.74 Å². The van der Waals surface area contributed by atoms with E-state index >= 15 is 0 Å². The van der Waals surface area contributed by atoms with Crippen LogP contribution in [0.5, 0.6) is 0 Å². The number of nitrogens with zero attached hydrogens (tertiary/aromatic N) is 13. The van der Waals surface area contributed by atoms with Gasteiger partial charge in [-0.3, -0.25) is 33.4 Å². The third-order valence-electron chi connectivity index (χ3n) is 10.1. The van der Waals surface area contributed by atoms with E-state index in [-0.39, 0.29) is 56.1 Å². The number of anilines is 4. The van der Waals surface area contributed by atoms with Gasteiger partial charge in [-0.2, -0.15) is 19.7 Å². The lowest BCUT2D eigenvalue weighted by atomic mass is 10.2. The van der Waals surface area contributed by atoms with Crippen LogP contribution in [0.25, 0.3) is 22.8 Å². The molecule has 0 aliphatic rings. The number of aromatic amines is 1. The number of nitrogens with two attached hydrogens (primary N) is 2. The maximum Gasteiger partial charge on any atom is 0.414 e. The number of pyridine rings is 4. The molecule has 10 rings (SSSR count). The molecule has 0 atom stereocenters. The van der Waals surface area contributed by atoms with Crippen molar-refractivity contribution in [2.24, 2.45) is 0 Å². The predicted molar refractivity (Wildman–Crippen MR) is 303 cm³/mol. The van der Waals surface area contributed by atoms with E-state index in [4.69, 9.17) is 62.6 Å². The molecule has 0 fully saturated rings. The second kappa shape index (κ2) is 28.2. The maximum absolute atomic E-state index is 13.3. The van der Waals surface area contributed by atoms with E-state index < -0.39 is 34.8 Å². The third kappa shape index (κ3) is 16.6. The summed E-state index contributed by atoms with van der Waals surface area (Å²) in [6.07, 6.45) is 9.32. The highest BCUT2D eigenvalue weighted by Crippen LogP contribution is 2.26. The summed E-state index contributed by atoms with van der Waals surface area (Å²) in [5, 5.41) is 16.0. The summed E-state index contributed by atoms with van der Waals surface area (Å²) < 4.78 is 47.5. The van der Waals surface area contributed by atoms with Crippen molar-refractivity contribution in [1.29, 1.82) is 0 Å². The average Bonchev–Trinajstić information content (AvgIpc) is 4.39. The molecule has 24 nitrogen and oxygen atoms in total. The molecule has 0 radical (unpaired) electrons. The summed E-state index contributed by atoms with van der Waals surface area (Å²) in [7, 11) is 3.30. The van der Waals surface area contributed by atoms with Crippen LogP contribution >= 0.6 is 46.4 Å². The number of nitrogen functional groups attached to an aromatic ring is 2. The lowest BCUT2D eigenvalue weighted by molar-refractivity contribution is 0.0589. The predicted octanol–water partition coefficient (Wildman–Crippen LogP) is 9.09. The van der Waals surface area contributed by atoms with E-state index in [1.54, 1.807) is 65.3 Å². The fourth-order valence-electron chi connectivity index (χ4n) is 6.38. The van der Waals surface area contributed by atoms with Crippen molar-refractivity contribution in [3.05, 3.63) is 186 Å². The minimum Gasteiger partial charge on any atom is -0.443 e. The first-order chi connectivity index (χ1) is 38.6. The molecule has 0 saturated heterocycles. The van der Waals surface area contributed by atoms with E-state index in [9.17, 15) is 41.9 Å². The summed E-state index contributed by atoms with van der Waals surface area (Å²) in [6.45, 7) is 9.63. The fraction of sp³-hybridized carbons (Fsp3) is 0.176. The largest absolute Gasteiger partial charge is 0.443 e. The Morgan fingerprint density at radius 1 is 0.659 bits per heavy atom. The van der Waals surface area contributed by atoms with Gasteiger partial charge < -0.3 is 26.5 Å². The summed E-state index contributed by atoms with van der Waals surface area (Å²) in [5.41, 5.74) is 13.2. The molecule has 0 aliphatic heterocycles. The molecule has 0 unspecified atom stereocenters. The number of rotatable bonds is 6. The number of fused-ring (bicyclic) bond motifs is 3. The molecule has 428 valence electrons. The van der Waals surface area contributed by atoms with Crippen LogP contribution in [0.1, 0.15) is 73.0 Å². The van der Waals surface area contributed by atoms with Crippen molar-refractivity contribution in [3.8, 4) is 5.82 Å². The first-order valence-electron chi connectivity index (χ1n) is 23.4. The van der Waals surface area contributed by atoms with Crippen LogP contribution in [0.2, 0.25) is 20.5 Å². The Hall–Kier alpha value is -9.31. The van der Waals surface area contributed by atoms with Crippen molar-refractivity contribution in [1.82, 2.24) is 63.3 Å². The molecular weight excluding hydrogens is 1160 g/mol. The number of Topliss-reactive ketones (excluding diaryl/α,β-unsaturated/α-hetero) is 3. The number of hydrogen-bond acceptors (Lipinski definition) is 18. The van der Waals surface area contributed by atoms with Crippen LogP contribution in [-0.4, -0.2) is 106 Å². The average molecular weight is 1210 g/mol. The number of H-pyrrole nitrogens is 1. The molecular formula is C51H48Cl4F3N17O7. The fourth-order valence-corrected chi connectivity index (χ4v) is 7.21. The van der Waals surface area contributed by atoms with Gasteiger partial charge in [0.2, 0.25) is 5.95 Å². The number of aromatic nitrogens is 13. The van der Waals surface area contributed by atoms with Gasteiger partial charge >= 0.3 is 6.09 Å². The standard InChI is InChI=1S/C14H17ClN4O3.C10H8FN3O.C9H9ClN4O.C8H5Cl2N3O.C5H3F2N.C5H6N2O/c1-8(20)10-7-16-12-9(6-11(15)17-19(10)12)18(5)13(21)22-14(2,3)4;11-7-3-1-5-13-9(7)14-6-2-4-8(12)10(14)15;1-5(15)7-4-12-9-6(11-2)3-8(10)13-14(7)9;1-4(14)6-3-11-8-5(9)2-7(10)12-13(6)8;6-4-2-1-3-8-5(4)7;6-4-2-1-3-7-5(4)8/h6-7H,1-5H3;1-6H,12H2;3-4,11H,1-2H3;2-3H,1H3;1-3H;1-3H,6H2,(H,7,8). The van der Waals surface area contributed by atoms with E-state index in [2.05, 4.69) is 50.5 Å². The van der Waals surface area contributed by atoms with E-state index in [1.807, 2.05) is 0 Å². The number of hydrogen-bond donors (Lipinski definition) is 4. The number of ketones is 3. The van der Waals surface area contributed by atoms with E-state index in [1.165, 1.54) is 113 Å². The summed E-state index contributed by atoms with van der Waals surface area (Å²) >= 11 is 23.4. The molecule has 10 heterocycles. The van der Waals surface area contributed by atoms with Gasteiger partial charge in [-0.25, -0.2) is 52.0 Å². The Morgan fingerprint density at radius 3 is 1.65 bits per heavy atom. The SMILES string of the molecule is CC(=O)c1cnc2c(Cl)cc(Cl)nn12.CC(=O)c1cnc2c(N(C)C(=O)OC(C)(C)C)cc(Cl)nn12.CNc1cc(Cl)nn2c(C(C)=O)cnc12.Fc1cccnc1F.Nc1ccc[nH]c1=O.Nc1cccn(-c2ncccc2F)c1=O. The van der Waals surface area contributed by atoms with Gasteiger partial charge in [0.05, 0.1) is 46.4 Å². The smallest absolute Gasteiger partial charge is 0.414 e. The Morgan fingerprint density at radius 2 is 1.16 bits per heavy atom. The Labute approximate surface area is 482 Å². The first-order valence-corrected chi connectivity index (χ1v) is 24.9. The van der Waals surface area contributed by atoms with Gasteiger partial charge in [-0.1, -0.05) is 46.4 Å². The van der Waals surface area contributed by atoms with Gasteiger partial charge in [-0.15, -0.1) is 0 Å². The second-order valence-electron chi connectivity index (χ2n) is 17.3. The molecule has 0 saturated carbocycles. The summed E-state index contributed by atoms with van der Waals surface area (Å²) in [5.74, 6) is -3.00. The zero-order valence-corrected chi connectivity index (χ0v) is 47.4. The molecule has 0 aliphatic carbocycles. The number of nitrogens with one attached hydrogen (secondary N) is 2. The molecule has 0 bridgehead atoms. The number of halogens is 7. The molecule has 10 aromatic rings. The molecule has 31 heteroatoms. The topological polar surface area (TPSA) is 316 Å². The first kappa shape index (κ1) is 63.5. The van der Waals surface area contributed by atoms with Gasteiger partial charge in [0.25, 0.3) is 11.1 Å². The molecule has 0 spiro atoms. The van der Waals surface area contributed by atoms with E-state index in [0.29, 0.717) is 44.2 Å². The van der Waals surface area contributed by atoms with Crippen molar-refractivity contribution in [2.75, 3.05) is 35.8 Å². The van der Waals surface area contributed by atoms with Gasteiger partial charge in [-0.05, 0) is 75.4 Å². The number of imidazole rings is 3. The van der Waals surface area contributed by atoms with Crippen molar-refractivity contribution < 1.29 is 37.1 Å². The zero-order valence-electron chi connectivity index (χ0n) is 44.4. The lowest BCUT2D eigenvalue weighted by Gasteiger charge is -2.24. The number of carbonyl (C=O) groups is 4. The summed E-state index contributed by atoms with van der Waals surface area (Å²) in [6, 6.07) is 15.9. The Bertz CT molecular complexity index is 4050. The van der Waals surface area contributed by atoms with Crippen LogP contribution < -0.4 is 32.8 Å². The van der Waals surface area contributed by atoms with Crippen LogP contribution in [0.3, 0.4) is 0 Å². The second-order valence-corrected chi connectivity index (χ2v) is 18.9. The van der Waals surface area contributed by atoms with E-state index in [0.717, 1.165) is 16.3 Å². The number of carbonyl (C=O) groups excluding carboxylic acids is 4. The van der Waals surface area contributed by atoms with Gasteiger partial charge in [0.1, 0.15) is 22.7 Å². The summed E-state index contributed by atoms with van der Waals surface area (Å²) in [4.78, 5) is 90.9. The monoisotopic (exact) mass is 1210 g/mol. The van der Waals surface area contributed by atoms with Crippen molar-refractivity contribution in [3.63, 3.8) is 0 Å². The number of ether oxygens (including phenoxy) is 1. The highest BCUT2D eigenvalue weighted by atomic mass is 35.5. The molecule has 0 aromatic carbocycles. The van der Waals surface area contributed by atoms with Crippen LogP contribution in [0.4, 0.5) is 40.7 Å². The van der Waals surface area contributed by atoms with Crippen molar-refractivity contribution >= 4 is 110 Å². The highest BCUT2D eigenvalue weighted by Gasteiger charge is 2.25. The quantitative estimate of drug-likeness (QED) is 0.0890. The highest BCUT2D eigenvalue weighted by molar-refractivity contribution is 6.36. The van der Waals surface area contributed by atoms with Gasteiger partial charge in [0, 0.05) is 71.8 Å². The molecule has 10 aromatic heterocycles. The normalized spacial score (nSPS) is 10.5. The molecule has 82 heavy (non-hydrogen) atoms. The Kier molecular flexibility index (Phi) is 21.9. The van der Waals surface area contributed by atoms with Crippen LogP contribution in [0, 0.1) is 17.6 Å². The lowest BCUT2D eigenvalue weighted by Crippen LogP contribution is -2.34. The minimum absolute atomic E-state index is 0.0465. The van der Waals surface area contributed by atoms with Gasteiger partial charge in [0.15, 0.2) is 67.2 Å².